The van der Waals surface area contributed by atoms with Crippen molar-refractivity contribution in [3.05, 3.63) is 35.4 Å². The Hall–Kier alpha value is -1.88. The Labute approximate surface area is 105 Å². The van der Waals surface area contributed by atoms with Crippen LogP contribution in [0, 0.1) is 0 Å². The molecule has 1 N–H and O–H groups in total. The number of carbonyl (C=O) groups excluding carboxylic acids is 1. The van der Waals surface area contributed by atoms with Gasteiger partial charge in [0, 0.05) is 13.1 Å². The maximum absolute atomic E-state index is 11.8. The second-order valence-corrected chi connectivity index (χ2v) is 4.25. The number of hydrogen-bond donors (Lipinski definition) is 1. The minimum absolute atomic E-state index is 0.0862. The van der Waals surface area contributed by atoms with E-state index in [1.165, 1.54) is 18.2 Å². The predicted octanol–water partition coefficient (Wildman–Crippen LogP) is 1.94. The molecule has 1 aliphatic heterocycles. The molecule has 0 unspecified atom stereocenters. The fraction of sp³-hybridized carbons (Fsp3) is 0.385. The normalized spacial score (nSPS) is 16.2. The molecule has 0 amide bonds. The molecule has 0 aliphatic carbocycles. The van der Waals surface area contributed by atoms with Gasteiger partial charge < -0.3 is 9.94 Å². The van der Waals surface area contributed by atoms with Crippen LogP contribution in [0.4, 0.5) is 0 Å². The highest BCUT2D eigenvalue weighted by molar-refractivity contribution is 5.94. The van der Waals surface area contributed by atoms with E-state index in [0.29, 0.717) is 0 Å². The lowest BCUT2D eigenvalue weighted by molar-refractivity contribution is -0.119. The number of hydrogen-bond acceptors (Lipinski definition) is 4. The molecule has 0 atom stereocenters. The number of carboxylic acid groups (broad SMARTS) is 1. The topological polar surface area (TPSA) is 66.8 Å². The van der Waals surface area contributed by atoms with E-state index in [1.54, 1.807) is 11.1 Å². The summed E-state index contributed by atoms with van der Waals surface area (Å²) in [6.45, 7) is 1.48. The molecule has 1 aromatic carbocycles. The molecular weight excluding hydrogens is 234 g/mol. The molecular formula is C13H15NO4. The zero-order valence-electron chi connectivity index (χ0n) is 9.96. The molecule has 1 saturated heterocycles. The van der Waals surface area contributed by atoms with Gasteiger partial charge in [0.15, 0.2) is 0 Å². The van der Waals surface area contributed by atoms with Gasteiger partial charge in [0.2, 0.25) is 0 Å². The molecule has 1 aliphatic rings. The first-order chi connectivity index (χ1) is 8.66. The maximum Gasteiger partial charge on any atom is 0.357 e. The van der Waals surface area contributed by atoms with Crippen LogP contribution in [0.5, 0.6) is 0 Å². The number of benzene rings is 1. The van der Waals surface area contributed by atoms with E-state index in [1.807, 2.05) is 0 Å². The van der Waals surface area contributed by atoms with Gasteiger partial charge in [0.25, 0.3) is 0 Å². The SMILES string of the molecule is O=C(O)c1cccc(C(=O)ON2CCCCC2)c1. The summed E-state index contributed by atoms with van der Waals surface area (Å²) in [7, 11) is 0. The average Bonchev–Trinajstić information content (AvgIpc) is 2.40. The Morgan fingerprint density at radius 2 is 1.78 bits per heavy atom. The van der Waals surface area contributed by atoms with Gasteiger partial charge in [-0.1, -0.05) is 12.5 Å². The first-order valence-corrected chi connectivity index (χ1v) is 5.97. The van der Waals surface area contributed by atoms with E-state index in [4.69, 9.17) is 9.94 Å². The first-order valence-electron chi connectivity index (χ1n) is 5.97. The summed E-state index contributed by atoms with van der Waals surface area (Å²) in [5, 5.41) is 10.5. The van der Waals surface area contributed by atoms with Crippen LogP contribution in [-0.4, -0.2) is 35.2 Å². The van der Waals surface area contributed by atoms with Crippen molar-refractivity contribution in [3.63, 3.8) is 0 Å². The number of carboxylic acids is 1. The molecule has 1 fully saturated rings. The second-order valence-electron chi connectivity index (χ2n) is 4.25. The van der Waals surface area contributed by atoms with Crippen molar-refractivity contribution in [2.24, 2.45) is 0 Å². The molecule has 1 heterocycles. The van der Waals surface area contributed by atoms with Gasteiger partial charge in [-0.05, 0) is 31.0 Å². The Kier molecular flexibility index (Phi) is 3.94. The molecule has 0 spiro atoms. The monoisotopic (exact) mass is 249 g/mol. The molecule has 1 aromatic rings. The molecule has 18 heavy (non-hydrogen) atoms. The van der Waals surface area contributed by atoms with Crippen molar-refractivity contribution in [1.82, 2.24) is 5.06 Å². The summed E-state index contributed by atoms with van der Waals surface area (Å²) in [4.78, 5) is 27.8. The highest BCUT2D eigenvalue weighted by atomic mass is 16.7. The van der Waals surface area contributed by atoms with Crippen LogP contribution < -0.4 is 0 Å². The van der Waals surface area contributed by atoms with E-state index < -0.39 is 11.9 Å². The van der Waals surface area contributed by atoms with Gasteiger partial charge in [-0.15, -0.1) is 5.06 Å². The Morgan fingerprint density at radius 3 is 2.44 bits per heavy atom. The number of rotatable bonds is 3. The van der Waals surface area contributed by atoms with Gasteiger partial charge in [-0.2, -0.15) is 0 Å². The molecule has 2 rings (SSSR count). The quantitative estimate of drug-likeness (QED) is 0.886. The minimum atomic E-state index is -1.05. The smallest absolute Gasteiger partial charge is 0.357 e. The van der Waals surface area contributed by atoms with E-state index in [0.717, 1.165) is 32.4 Å². The fourth-order valence-corrected chi connectivity index (χ4v) is 1.91. The molecule has 0 aromatic heterocycles. The van der Waals surface area contributed by atoms with E-state index in [-0.39, 0.29) is 11.1 Å². The molecule has 5 heteroatoms. The van der Waals surface area contributed by atoms with Gasteiger partial charge >= 0.3 is 11.9 Å². The largest absolute Gasteiger partial charge is 0.478 e. The standard InChI is InChI=1S/C13H15NO4/c15-12(16)10-5-4-6-11(9-10)13(17)18-14-7-2-1-3-8-14/h4-6,9H,1-3,7-8H2,(H,15,16). The van der Waals surface area contributed by atoms with Crippen molar-refractivity contribution in [2.45, 2.75) is 19.3 Å². The number of aromatic carboxylic acids is 1. The van der Waals surface area contributed by atoms with Crippen LogP contribution in [-0.2, 0) is 4.84 Å². The van der Waals surface area contributed by atoms with Crippen LogP contribution in [0.3, 0.4) is 0 Å². The van der Waals surface area contributed by atoms with Gasteiger partial charge in [-0.3, -0.25) is 0 Å². The lowest BCUT2D eigenvalue weighted by atomic mass is 10.1. The first kappa shape index (κ1) is 12.6. The summed E-state index contributed by atoms with van der Waals surface area (Å²) in [6.07, 6.45) is 3.19. The number of piperidine rings is 1. The highest BCUT2D eigenvalue weighted by Gasteiger charge is 2.17. The van der Waals surface area contributed by atoms with Crippen molar-refractivity contribution >= 4 is 11.9 Å². The number of nitrogens with zero attached hydrogens (tertiary/aromatic N) is 1. The van der Waals surface area contributed by atoms with E-state index in [9.17, 15) is 9.59 Å². The van der Waals surface area contributed by atoms with Crippen LogP contribution in [0.1, 0.15) is 40.0 Å². The van der Waals surface area contributed by atoms with Gasteiger partial charge in [0.1, 0.15) is 0 Å². The third-order valence-corrected chi connectivity index (χ3v) is 2.87. The van der Waals surface area contributed by atoms with Gasteiger partial charge in [-0.25, -0.2) is 9.59 Å². The molecule has 0 saturated carbocycles. The lowest BCUT2D eigenvalue weighted by Crippen LogP contribution is -2.32. The summed E-state index contributed by atoms with van der Waals surface area (Å²) >= 11 is 0. The zero-order chi connectivity index (χ0) is 13.0. The summed E-state index contributed by atoms with van der Waals surface area (Å²) < 4.78 is 0. The Balaban J connectivity index is 2.03. The fourth-order valence-electron chi connectivity index (χ4n) is 1.91. The highest BCUT2D eigenvalue weighted by Crippen LogP contribution is 2.12. The van der Waals surface area contributed by atoms with E-state index >= 15 is 0 Å². The average molecular weight is 249 g/mol. The maximum atomic E-state index is 11.8. The van der Waals surface area contributed by atoms with Crippen LogP contribution in [0.15, 0.2) is 24.3 Å². The number of carbonyl (C=O) groups is 2. The predicted molar refractivity (Wildman–Crippen MR) is 64.2 cm³/mol. The molecule has 0 bridgehead atoms. The van der Waals surface area contributed by atoms with Crippen LogP contribution in [0.25, 0.3) is 0 Å². The van der Waals surface area contributed by atoms with Crippen molar-refractivity contribution in [3.8, 4) is 0 Å². The van der Waals surface area contributed by atoms with Crippen molar-refractivity contribution in [1.29, 1.82) is 0 Å². The van der Waals surface area contributed by atoms with Crippen LogP contribution >= 0.6 is 0 Å². The van der Waals surface area contributed by atoms with Gasteiger partial charge in [0.05, 0.1) is 11.1 Å². The Bertz CT molecular complexity index is 452. The summed E-state index contributed by atoms with van der Waals surface area (Å²) in [5.74, 6) is -1.55. The van der Waals surface area contributed by atoms with Crippen molar-refractivity contribution in [2.75, 3.05) is 13.1 Å². The minimum Gasteiger partial charge on any atom is -0.478 e. The van der Waals surface area contributed by atoms with Crippen LogP contribution in [0.2, 0.25) is 0 Å². The number of hydroxylamine groups is 2. The second kappa shape index (κ2) is 5.64. The zero-order valence-corrected chi connectivity index (χ0v) is 9.96. The Morgan fingerprint density at radius 1 is 1.11 bits per heavy atom. The molecule has 0 radical (unpaired) electrons. The van der Waals surface area contributed by atoms with Crippen molar-refractivity contribution < 1.29 is 19.5 Å². The summed E-state index contributed by atoms with van der Waals surface area (Å²) in [5.41, 5.74) is 0.351. The van der Waals surface area contributed by atoms with E-state index in [2.05, 4.69) is 0 Å². The third kappa shape index (κ3) is 3.07. The third-order valence-electron chi connectivity index (χ3n) is 2.87. The molecule has 5 nitrogen and oxygen atoms in total. The summed E-state index contributed by atoms with van der Waals surface area (Å²) in [6, 6.07) is 5.86. The lowest BCUT2D eigenvalue weighted by Gasteiger charge is -2.24. The molecule has 96 valence electrons.